The van der Waals surface area contributed by atoms with E-state index < -0.39 is 0 Å². The van der Waals surface area contributed by atoms with Gasteiger partial charge in [0.25, 0.3) is 0 Å². The van der Waals surface area contributed by atoms with Gasteiger partial charge in [-0.15, -0.1) is 0 Å². The molecule has 0 amide bonds. The first-order valence-electron chi connectivity index (χ1n) is 4.90. The van der Waals surface area contributed by atoms with E-state index in [0.717, 1.165) is 6.54 Å². The van der Waals surface area contributed by atoms with E-state index in [1.54, 1.807) is 0 Å². The van der Waals surface area contributed by atoms with Crippen LogP contribution in [0.25, 0.3) is 0 Å². The molecule has 1 aromatic heterocycles. The van der Waals surface area contributed by atoms with Gasteiger partial charge in [0.2, 0.25) is 6.39 Å². The lowest BCUT2D eigenvalue weighted by Gasteiger charge is -2.18. The third-order valence-electron chi connectivity index (χ3n) is 2.34. The Bertz CT molecular complexity index is 235. The number of hydrogen-bond donors (Lipinski definition) is 2. The van der Waals surface area contributed by atoms with E-state index in [1.807, 2.05) is 0 Å². The largest absolute Gasteiger partial charge is 0.343 e. The number of rotatable bonds is 6. The van der Waals surface area contributed by atoms with E-state index in [0.29, 0.717) is 30.7 Å². The quantitative estimate of drug-likeness (QED) is 0.691. The van der Waals surface area contributed by atoms with Gasteiger partial charge in [-0.1, -0.05) is 19.0 Å². The highest BCUT2D eigenvalue weighted by molar-refractivity contribution is 4.77. The van der Waals surface area contributed by atoms with Gasteiger partial charge in [-0.3, -0.25) is 0 Å². The van der Waals surface area contributed by atoms with Gasteiger partial charge in [0, 0.05) is 0 Å². The van der Waals surface area contributed by atoms with Gasteiger partial charge in [-0.25, -0.2) is 0 Å². The van der Waals surface area contributed by atoms with E-state index in [1.165, 1.54) is 6.39 Å². The number of nitrogens with two attached hydrogens (primary N) is 1. The van der Waals surface area contributed by atoms with E-state index >= 15 is 0 Å². The molecule has 14 heavy (non-hydrogen) atoms. The molecule has 80 valence electrons. The van der Waals surface area contributed by atoms with Crippen molar-refractivity contribution in [3.63, 3.8) is 0 Å². The molecule has 1 unspecified atom stereocenters. The van der Waals surface area contributed by atoms with Crippen molar-refractivity contribution in [3.8, 4) is 0 Å². The summed E-state index contributed by atoms with van der Waals surface area (Å²) in [5.41, 5.74) is 5.64. The Morgan fingerprint density at radius 1 is 1.57 bits per heavy atom. The first kappa shape index (κ1) is 11.1. The van der Waals surface area contributed by atoms with Gasteiger partial charge < -0.3 is 15.6 Å². The van der Waals surface area contributed by atoms with Crippen molar-refractivity contribution in [3.05, 3.63) is 12.2 Å². The fourth-order valence-corrected chi connectivity index (χ4v) is 1.23. The lowest BCUT2D eigenvalue weighted by molar-refractivity contribution is 0.364. The zero-order valence-electron chi connectivity index (χ0n) is 8.73. The van der Waals surface area contributed by atoms with Crippen LogP contribution < -0.4 is 11.1 Å². The molecule has 1 aromatic rings. The van der Waals surface area contributed by atoms with Crippen LogP contribution in [0.2, 0.25) is 0 Å². The van der Waals surface area contributed by atoms with Crippen molar-refractivity contribution in [1.29, 1.82) is 0 Å². The third-order valence-corrected chi connectivity index (χ3v) is 2.34. The molecule has 0 spiro atoms. The molecule has 1 rings (SSSR count). The molecular formula is C9H18N4O. The molecule has 5 nitrogen and oxygen atoms in total. The van der Waals surface area contributed by atoms with Crippen molar-refractivity contribution >= 4 is 0 Å². The first-order chi connectivity index (χ1) is 6.74. The normalized spacial score (nSPS) is 13.4. The summed E-state index contributed by atoms with van der Waals surface area (Å²) < 4.78 is 4.62. The minimum Gasteiger partial charge on any atom is -0.343 e. The van der Waals surface area contributed by atoms with Crippen LogP contribution in [0, 0.1) is 11.8 Å². The van der Waals surface area contributed by atoms with Crippen LogP contribution in [0.4, 0.5) is 0 Å². The molecule has 0 saturated carbocycles. The van der Waals surface area contributed by atoms with Gasteiger partial charge in [-0.05, 0) is 24.9 Å². The summed E-state index contributed by atoms with van der Waals surface area (Å²) in [7, 11) is 0. The summed E-state index contributed by atoms with van der Waals surface area (Å²) >= 11 is 0. The Morgan fingerprint density at radius 3 is 2.86 bits per heavy atom. The minimum absolute atomic E-state index is 0.502. The van der Waals surface area contributed by atoms with Gasteiger partial charge in [0.05, 0.1) is 6.54 Å². The molecule has 0 saturated heterocycles. The fraction of sp³-hybridized carbons (Fsp3) is 0.778. The van der Waals surface area contributed by atoms with Crippen LogP contribution in [-0.2, 0) is 6.54 Å². The summed E-state index contributed by atoms with van der Waals surface area (Å²) in [4.78, 5) is 3.91. The Hall–Kier alpha value is -0.940. The van der Waals surface area contributed by atoms with Crippen LogP contribution >= 0.6 is 0 Å². The lowest BCUT2D eigenvalue weighted by Crippen LogP contribution is -2.31. The maximum absolute atomic E-state index is 5.64. The predicted molar refractivity (Wildman–Crippen MR) is 53.4 cm³/mol. The minimum atomic E-state index is 0.502. The smallest absolute Gasteiger partial charge is 0.213 e. The molecule has 1 atom stereocenters. The summed E-state index contributed by atoms with van der Waals surface area (Å²) in [6.45, 7) is 6.58. The Kier molecular flexibility index (Phi) is 4.55. The second-order valence-corrected chi connectivity index (χ2v) is 3.72. The van der Waals surface area contributed by atoms with Gasteiger partial charge in [0.15, 0.2) is 5.82 Å². The molecule has 1 heterocycles. The van der Waals surface area contributed by atoms with Crippen molar-refractivity contribution in [1.82, 2.24) is 15.5 Å². The summed E-state index contributed by atoms with van der Waals surface area (Å²) in [5, 5.41) is 6.96. The zero-order chi connectivity index (χ0) is 10.4. The molecular weight excluding hydrogens is 180 g/mol. The molecule has 3 N–H and O–H groups in total. The second-order valence-electron chi connectivity index (χ2n) is 3.72. The number of nitrogens with one attached hydrogen (secondary N) is 1. The summed E-state index contributed by atoms with van der Waals surface area (Å²) in [6.07, 6.45) is 1.33. The summed E-state index contributed by atoms with van der Waals surface area (Å²) in [6, 6.07) is 0. The Morgan fingerprint density at radius 2 is 2.36 bits per heavy atom. The van der Waals surface area contributed by atoms with Gasteiger partial charge >= 0.3 is 0 Å². The van der Waals surface area contributed by atoms with Crippen LogP contribution in [0.1, 0.15) is 19.7 Å². The topological polar surface area (TPSA) is 77.0 Å². The molecule has 0 bridgehead atoms. The number of hydrogen-bond acceptors (Lipinski definition) is 5. The summed E-state index contributed by atoms with van der Waals surface area (Å²) in [5.74, 6) is 1.78. The van der Waals surface area contributed by atoms with E-state index in [-0.39, 0.29) is 0 Å². The number of aromatic nitrogens is 2. The number of nitrogens with zero attached hydrogens (tertiary/aromatic N) is 2. The first-order valence-corrected chi connectivity index (χ1v) is 4.90. The van der Waals surface area contributed by atoms with Crippen molar-refractivity contribution in [2.45, 2.75) is 20.4 Å². The van der Waals surface area contributed by atoms with Crippen molar-refractivity contribution in [2.24, 2.45) is 17.6 Å². The Balaban J connectivity index is 2.20. The Labute approximate surface area is 84.1 Å². The van der Waals surface area contributed by atoms with Crippen LogP contribution in [0.15, 0.2) is 10.9 Å². The average molecular weight is 198 g/mol. The van der Waals surface area contributed by atoms with E-state index in [4.69, 9.17) is 5.73 Å². The maximum atomic E-state index is 5.64. The van der Waals surface area contributed by atoms with Gasteiger partial charge in [0.1, 0.15) is 0 Å². The van der Waals surface area contributed by atoms with E-state index in [2.05, 4.69) is 33.8 Å². The highest BCUT2D eigenvalue weighted by Gasteiger charge is 2.10. The van der Waals surface area contributed by atoms with Crippen LogP contribution in [0.5, 0.6) is 0 Å². The van der Waals surface area contributed by atoms with Crippen LogP contribution in [0.3, 0.4) is 0 Å². The van der Waals surface area contributed by atoms with Crippen molar-refractivity contribution < 1.29 is 4.52 Å². The third kappa shape index (κ3) is 3.43. The maximum Gasteiger partial charge on any atom is 0.213 e. The molecule has 0 aliphatic carbocycles. The lowest BCUT2D eigenvalue weighted by atomic mass is 9.96. The SMILES string of the molecule is CC(C)C(CN)CNCc1ncon1. The second kappa shape index (κ2) is 5.72. The highest BCUT2D eigenvalue weighted by atomic mass is 16.5. The molecule has 0 fully saturated rings. The van der Waals surface area contributed by atoms with Crippen molar-refractivity contribution in [2.75, 3.05) is 13.1 Å². The molecule has 0 aromatic carbocycles. The standard InChI is InChI=1S/C9H18N4O/c1-7(2)8(3-10)4-11-5-9-12-6-14-13-9/h6-8,11H,3-5,10H2,1-2H3. The molecule has 0 radical (unpaired) electrons. The van der Waals surface area contributed by atoms with E-state index in [9.17, 15) is 0 Å². The zero-order valence-corrected chi connectivity index (χ0v) is 8.73. The average Bonchev–Trinajstić information content (AvgIpc) is 2.64. The van der Waals surface area contributed by atoms with Gasteiger partial charge in [-0.2, -0.15) is 4.98 Å². The monoisotopic (exact) mass is 198 g/mol. The predicted octanol–water partition coefficient (Wildman–Crippen LogP) is 0.390. The molecule has 0 aliphatic rings. The van der Waals surface area contributed by atoms with Crippen LogP contribution in [-0.4, -0.2) is 23.2 Å². The fourth-order valence-electron chi connectivity index (χ4n) is 1.23. The molecule has 0 aliphatic heterocycles. The highest BCUT2D eigenvalue weighted by Crippen LogP contribution is 2.07. The molecule has 5 heteroatoms.